The molecule has 98 valence electrons. The summed E-state index contributed by atoms with van der Waals surface area (Å²) in [5.41, 5.74) is 1.39. The van der Waals surface area contributed by atoms with Crippen molar-refractivity contribution in [3.63, 3.8) is 0 Å². The predicted octanol–water partition coefficient (Wildman–Crippen LogP) is 2.59. The molecular formula is C13H16ClNO3. The summed E-state index contributed by atoms with van der Waals surface area (Å²) in [6.07, 6.45) is -0.0664. The average molecular weight is 270 g/mol. The Kier molecular flexibility index (Phi) is 5.16. The summed E-state index contributed by atoms with van der Waals surface area (Å²) in [7, 11) is 0. The molecule has 4 nitrogen and oxygen atoms in total. The maximum atomic E-state index is 12.2. The highest BCUT2D eigenvalue weighted by molar-refractivity contribution is 6.33. The van der Waals surface area contributed by atoms with Gasteiger partial charge in [0.1, 0.15) is 0 Å². The lowest BCUT2D eigenvalue weighted by atomic mass is 10.1. The van der Waals surface area contributed by atoms with Crippen molar-refractivity contribution in [2.75, 3.05) is 13.1 Å². The molecule has 1 aromatic rings. The van der Waals surface area contributed by atoms with Crippen LogP contribution in [-0.2, 0) is 4.79 Å². The standard InChI is InChI=1S/C13H16ClNO3/c1-3-15(7-6-12(16)17)13(18)10-5-4-9(2)8-11(10)14/h4-5,8H,3,6-7H2,1-2H3,(H,16,17). The Morgan fingerprint density at radius 1 is 1.39 bits per heavy atom. The second kappa shape index (κ2) is 6.40. The summed E-state index contributed by atoms with van der Waals surface area (Å²) in [6.45, 7) is 4.34. The summed E-state index contributed by atoms with van der Waals surface area (Å²) >= 11 is 6.02. The number of aliphatic carboxylic acids is 1. The van der Waals surface area contributed by atoms with Crippen LogP contribution in [0.15, 0.2) is 18.2 Å². The van der Waals surface area contributed by atoms with E-state index in [9.17, 15) is 9.59 Å². The van der Waals surface area contributed by atoms with Crippen LogP contribution in [0.3, 0.4) is 0 Å². The van der Waals surface area contributed by atoms with E-state index in [0.717, 1.165) is 5.56 Å². The predicted molar refractivity (Wildman–Crippen MR) is 70.0 cm³/mol. The van der Waals surface area contributed by atoms with E-state index in [1.807, 2.05) is 19.9 Å². The number of aryl methyl sites for hydroxylation is 1. The molecule has 0 atom stereocenters. The Morgan fingerprint density at radius 3 is 2.56 bits per heavy atom. The Morgan fingerprint density at radius 2 is 2.06 bits per heavy atom. The van der Waals surface area contributed by atoms with E-state index in [4.69, 9.17) is 16.7 Å². The number of halogens is 1. The number of rotatable bonds is 5. The largest absolute Gasteiger partial charge is 0.481 e. The Hall–Kier alpha value is -1.55. The molecule has 1 aromatic carbocycles. The molecule has 0 aliphatic rings. The van der Waals surface area contributed by atoms with Gasteiger partial charge in [0.15, 0.2) is 0 Å². The molecule has 0 aromatic heterocycles. The molecular weight excluding hydrogens is 254 g/mol. The van der Waals surface area contributed by atoms with Crippen molar-refractivity contribution in [2.24, 2.45) is 0 Å². The number of benzene rings is 1. The van der Waals surface area contributed by atoms with Gasteiger partial charge in [0.2, 0.25) is 0 Å². The highest BCUT2D eigenvalue weighted by atomic mass is 35.5. The number of carboxylic acid groups (broad SMARTS) is 1. The van der Waals surface area contributed by atoms with E-state index in [1.165, 1.54) is 4.90 Å². The molecule has 1 N–H and O–H groups in total. The van der Waals surface area contributed by atoms with Crippen molar-refractivity contribution in [2.45, 2.75) is 20.3 Å². The van der Waals surface area contributed by atoms with Crippen LogP contribution in [0.1, 0.15) is 29.3 Å². The second-order valence-corrected chi connectivity index (χ2v) is 4.42. The molecule has 0 aliphatic carbocycles. The average Bonchev–Trinajstić information content (AvgIpc) is 2.29. The number of hydrogen-bond acceptors (Lipinski definition) is 2. The summed E-state index contributed by atoms with van der Waals surface area (Å²) in [6, 6.07) is 5.20. The summed E-state index contributed by atoms with van der Waals surface area (Å²) < 4.78 is 0. The molecule has 0 aliphatic heterocycles. The van der Waals surface area contributed by atoms with E-state index < -0.39 is 5.97 Å². The van der Waals surface area contributed by atoms with Crippen LogP contribution in [0, 0.1) is 6.92 Å². The monoisotopic (exact) mass is 269 g/mol. The number of amides is 1. The minimum absolute atomic E-state index is 0.0664. The molecule has 0 unspecified atom stereocenters. The highest BCUT2D eigenvalue weighted by Crippen LogP contribution is 2.19. The van der Waals surface area contributed by atoms with Gasteiger partial charge >= 0.3 is 5.97 Å². The third-order valence-corrected chi connectivity index (χ3v) is 2.93. The number of carbonyl (C=O) groups is 2. The van der Waals surface area contributed by atoms with E-state index >= 15 is 0 Å². The normalized spacial score (nSPS) is 10.2. The molecule has 0 saturated carbocycles. The maximum absolute atomic E-state index is 12.2. The van der Waals surface area contributed by atoms with Crippen LogP contribution in [-0.4, -0.2) is 35.0 Å². The van der Waals surface area contributed by atoms with Crippen LogP contribution in [0.2, 0.25) is 5.02 Å². The SMILES string of the molecule is CCN(CCC(=O)O)C(=O)c1ccc(C)cc1Cl. The van der Waals surface area contributed by atoms with E-state index in [1.54, 1.807) is 12.1 Å². The van der Waals surface area contributed by atoms with E-state index in [2.05, 4.69) is 0 Å². The molecule has 0 spiro atoms. The molecule has 0 saturated heterocycles. The molecule has 0 fully saturated rings. The maximum Gasteiger partial charge on any atom is 0.305 e. The third kappa shape index (κ3) is 3.74. The van der Waals surface area contributed by atoms with Gasteiger partial charge in [-0.25, -0.2) is 0 Å². The van der Waals surface area contributed by atoms with Crippen LogP contribution < -0.4 is 0 Å². The van der Waals surface area contributed by atoms with Gasteiger partial charge in [-0.15, -0.1) is 0 Å². The molecule has 18 heavy (non-hydrogen) atoms. The summed E-state index contributed by atoms with van der Waals surface area (Å²) in [4.78, 5) is 24.2. The molecule has 0 bridgehead atoms. The summed E-state index contributed by atoms with van der Waals surface area (Å²) in [5.74, 6) is -1.15. The second-order valence-electron chi connectivity index (χ2n) is 4.01. The number of carbonyl (C=O) groups excluding carboxylic acids is 1. The molecule has 0 heterocycles. The first kappa shape index (κ1) is 14.5. The molecule has 5 heteroatoms. The van der Waals surface area contributed by atoms with Crippen molar-refractivity contribution < 1.29 is 14.7 Å². The third-order valence-electron chi connectivity index (χ3n) is 2.62. The van der Waals surface area contributed by atoms with Gasteiger partial charge in [-0.2, -0.15) is 0 Å². The molecule has 1 amide bonds. The fourth-order valence-corrected chi connectivity index (χ4v) is 1.91. The van der Waals surface area contributed by atoms with E-state index in [-0.39, 0.29) is 18.9 Å². The molecule has 1 rings (SSSR count). The van der Waals surface area contributed by atoms with Gasteiger partial charge in [-0.05, 0) is 31.5 Å². The zero-order valence-corrected chi connectivity index (χ0v) is 11.2. The first-order valence-electron chi connectivity index (χ1n) is 5.73. The fourth-order valence-electron chi connectivity index (χ4n) is 1.60. The lowest BCUT2D eigenvalue weighted by Gasteiger charge is -2.20. The fraction of sp³-hybridized carbons (Fsp3) is 0.385. The zero-order valence-electron chi connectivity index (χ0n) is 10.4. The zero-order chi connectivity index (χ0) is 13.7. The number of carboxylic acids is 1. The Labute approximate surface area is 111 Å². The van der Waals surface area contributed by atoms with E-state index in [0.29, 0.717) is 17.1 Å². The topological polar surface area (TPSA) is 57.6 Å². The van der Waals surface area contributed by atoms with Crippen LogP contribution in [0.4, 0.5) is 0 Å². The van der Waals surface area contributed by atoms with Crippen molar-refractivity contribution in [1.29, 1.82) is 0 Å². The van der Waals surface area contributed by atoms with Crippen molar-refractivity contribution in [3.05, 3.63) is 34.3 Å². The smallest absolute Gasteiger partial charge is 0.305 e. The Bertz CT molecular complexity index is 460. The highest BCUT2D eigenvalue weighted by Gasteiger charge is 2.17. The van der Waals surface area contributed by atoms with Gasteiger partial charge in [-0.1, -0.05) is 17.7 Å². The molecule has 0 radical (unpaired) electrons. The Balaban J connectivity index is 2.86. The first-order chi connectivity index (χ1) is 8.45. The van der Waals surface area contributed by atoms with Gasteiger partial charge in [-0.3, -0.25) is 9.59 Å². The van der Waals surface area contributed by atoms with Crippen LogP contribution in [0.5, 0.6) is 0 Å². The van der Waals surface area contributed by atoms with Gasteiger partial charge in [0, 0.05) is 13.1 Å². The summed E-state index contributed by atoms with van der Waals surface area (Å²) in [5, 5.41) is 9.03. The number of nitrogens with zero attached hydrogens (tertiary/aromatic N) is 1. The van der Waals surface area contributed by atoms with Crippen molar-refractivity contribution in [3.8, 4) is 0 Å². The van der Waals surface area contributed by atoms with Gasteiger partial charge < -0.3 is 10.0 Å². The quantitative estimate of drug-likeness (QED) is 0.894. The van der Waals surface area contributed by atoms with Crippen LogP contribution in [0.25, 0.3) is 0 Å². The minimum Gasteiger partial charge on any atom is -0.481 e. The van der Waals surface area contributed by atoms with Crippen molar-refractivity contribution in [1.82, 2.24) is 4.90 Å². The number of hydrogen-bond donors (Lipinski definition) is 1. The lowest BCUT2D eigenvalue weighted by molar-refractivity contribution is -0.137. The first-order valence-corrected chi connectivity index (χ1v) is 6.10. The van der Waals surface area contributed by atoms with Crippen molar-refractivity contribution >= 4 is 23.5 Å². The van der Waals surface area contributed by atoms with Crippen LogP contribution >= 0.6 is 11.6 Å². The minimum atomic E-state index is -0.920. The van der Waals surface area contributed by atoms with Gasteiger partial charge in [0.05, 0.1) is 17.0 Å². The lowest BCUT2D eigenvalue weighted by Crippen LogP contribution is -2.33. The van der Waals surface area contributed by atoms with Gasteiger partial charge in [0.25, 0.3) is 5.91 Å².